The number of aromatic nitrogens is 2. The summed E-state index contributed by atoms with van der Waals surface area (Å²) < 4.78 is 0. The number of rotatable bonds is 2. The maximum Gasteiger partial charge on any atom is 0.130 e. The van der Waals surface area contributed by atoms with Crippen LogP contribution in [0.1, 0.15) is 11.1 Å². The Bertz CT molecular complexity index is 525. The van der Waals surface area contributed by atoms with Crippen molar-refractivity contribution in [3.8, 4) is 6.07 Å². The Kier molecular flexibility index (Phi) is 2.79. The lowest BCUT2D eigenvalue weighted by molar-refractivity contribution is 1.24. The number of hydrogen-bond acceptors (Lipinski definition) is 4. The van der Waals surface area contributed by atoms with E-state index in [4.69, 9.17) is 5.26 Å². The minimum Gasteiger partial charge on any atom is -0.339 e. The van der Waals surface area contributed by atoms with Gasteiger partial charge in [-0.1, -0.05) is 0 Å². The first-order valence-electron chi connectivity index (χ1n) is 4.83. The number of nitriles is 1. The Balaban J connectivity index is 2.22. The first-order chi connectivity index (χ1) is 7.79. The van der Waals surface area contributed by atoms with Crippen molar-refractivity contribution in [2.45, 2.75) is 6.92 Å². The quantitative estimate of drug-likeness (QED) is 0.826. The summed E-state index contributed by atoms with van der Waals surface area (Å²) in [6, 6.07) is 7.44. The molecule has 0 saturated carbocycles. The van der Waals surface area contributed by atoms with Crippen molar-refractivity contribution in [2.24, 2.45) is 0 Å². The highest BCUT2D eigenvalue weighted by molar-refractivity contribution is 5.58. The van der Waals surface area contributed by atoms with Gasteiger partial charge in [0.2, 0.25) is 0 Å². The summed E-state index contributed by atoms with van der Waals surface area (Å²) in [5.41, 5.74) is 2.56. The molecular weight excluding hydrogens is 200 g/mol. The van der Waals surface area contributed by atoms with Gasteiger partial charge in [-0.25, -0.2) is 4.98 Å². The molecule has 4 nitrogen and oxygen atoms in total. The van der Waals surface area contributed by atoms with Gasteiger partial charge in [-0.3, -0.25) is 4.98 Å². The van der Waals surface area contributed by atoms with Gasteiger partial charge >= 0.3 is 0 Å². The fourth-order valence-corrected chi connectivity index (χ4v) is 1.27. The molecule has 2 aromatic rings. The molecule has 0 radical (unpaired) electrons. The summed E-state index contributed by atoms with van der Waals surface area (Å²) in [6.45, 7) is 1.99. The van der Waals surface area contributed by atoms with E-state index < -0.39 is 0 Å². The molecule has 0 aliphatic heterocycles. The van der Waals surface area contributed by atoms with Crippen LogP contribution >= 0.6 is 0 Å². The normalized spacial score (nSPS) is 9.50. The van der Waals surface area contributed by atoms with Crippen molar-refractivity contribution in [1.82, 2.24) is 9.97 Å². The van der Waals surface area contributed by atoms with Gasteiger partial charge < -0.3 is 5.32 Å². The van der Waals surface area contributed by atoms with Gasteiger partial charge in [0.05, 0.1) is 17.4 Å². The van der Waals surface area contributed by atoms with E-state index in [2.05, 4.69) is 15.3 Å². The highest BCUT2D eigenvalue weighted by Gasteiger charge is 1.99. The van der Waals surface area contributed by atoms with Crippen LogP contribution in [0.3, 0.4) is 0 Å². The lowest BCUT2D eigenvalue weighted by atomic mass is 10.2. The molecule has 0 spiro atoms. The maximum atomic E-state index is 8.64. The summed E-state index contributed by atoms with van der Waals surface area (Å²) in [5.74, 6) is 0.704. The molecule has 2 rings (SSSR count). The van der Waals surface area contributed by atoms with E-state index in [1.54, 1.807) is 24.5 Å². The third-order valence-corrected chi connectivity index (χ3v) is 2.19. The fourth-order valence-electron chi connectivity index (χ4n) is 1.27. The molecular formula is C12H10N4. The van der Waals surface area contributed by atoms with Crippen LogP contribution in [0.25, 0.3) is 0 Å². The van der Waals surface area contributed by atoms with Gasteiger partial charge in [0.25, 0.3) is 0 Å². The lowest BCUT2D eigenvalue weighted by Gasteiger charge is -2.07. The zero-order valence-electron chi connectivity index (χ0n) is 8.81. The second-order valence-electron chi connectivity index (χ2n) is 3.36. The monoisotopic (exact) mass is 210 g/mol. The molecule has 1 N–H and O–H groups in total. The number of aryl methyl sites for hydroxylation is 1. The molecule has 0 atom stereocenters. The SMILES string of the molecule is Cc1ccncc1Nc1ccc(C#N)cn1. The zero-order chi connectivity index (χ0) is 11.4. The molecule has 0 saturated heterocycles. The molecule has 78 valence electrons. The summed E-state index contributed by atoms with van der Waals surface area (Å²) in [7, 11) is 0. The maximum absolute atomic E-state index is 8.64. The van der Waals surface area contributed by atoms with E-state index >= 15 is 0 Å². The third-order valence-electron chi connectivity index (χ3n) is 2.19. The average molecular weight is 210 g/mol. The van der Waals surface area contributed by atoms with Crippen LogP contribution in [0.2, 0.25) is 0 Å². The first-order valence-corrected chi connectivity index (χ1v) is 4.83. The highest BCUT2D eigenvalue weighted by atomic mass is 15.0. The molecule has 4 heteroatoms. The molecule has 0 aliphatic rings. The number of anilines is 2. The van der Waals surface area contributed by atoms with Crippen LogP contribution in [-0.2, 0) is 0 Å². The fraction of sp³-hybridized carbons (Fsp3) is 0.0833. The predicted molar refractivity (Wildman–Crippen MR) is 61.2 cm³/mol. The first kappa shape index (κ1) is 10.1. The van der Waals surface area contributed by atoms with E-state index in [-0.39, 0.29) is 0 Å². The van der Waals surface area contributed by atoms with Gasteiger partial charge in [-0.2, -0.15) is 5.26 Å². The van der Waals surface area contributed by atoms with E-state index in [1.807, 2.05) is 19.1 Å². The molecule has 2 heterocycles. The lowest BCUT2D eigenvalue weighted by Crippen LogP contribution is -1.96. The molecule has 16 heavy (non-hydrogen) atoms. The Morgan fingerprint density at radius 1 is 1.25 bits per heavy atom. The molecule has 0 bridgehead atoms. The van der Waals surface area contributed by atoms with Crippen LogP contribution in [0.15, 0.2) is 36.8 Å². The molecule has 0 aliphatic carbocycles. The Morgan fingerprint density at radius 3 is 2.75 bits per heavy atom. The summed E-state index contributed by atoms with van der Waals surface area (Å²) in [4.78, 5) is 8.16. The summed E-state index contributed by atoms with van der Waals surface area (Å²) >= 11 is 0. The number of hydrogen-bond donors (Lipinski definition) is 1. The van der Waals surface area contributed by atoms with Gasteiger partial charge in [0.1, 0.15) is 11.9 Å². The smallest absolute Gasteiger partial charge is 0.130 e. The second-order valence-corrected chi connectivity index (χ2v) is 3.36. The van der Waals surface area contributed by atoms with E-state index in [0.29, 0.717) is 11.4 Å². The van der Waals surface area contributed by atoms with Crippen LogP contribution in [0.5, 0.6) is 0 Å². The van der Waals surface area contributed by atoms with Crippen LogP contribution in [0.4, 0.5) is 11.5 Å². The van der Waals surface area contributed by atoms with Crippen LogP contribution in [-0.4, -0.2) is 9.97 Å². The molecule has 0 fully saturated rings. The predicted octanol–water partition coefficient (Wildman–Crippen LogP) is 2.40. The summed E-state index contributed by atoms with van der Waals surface area (Å²) in [5, 5.41) is 11.8. The van der Waals surface area contributed by atoms with Crippen molar-refractivity contribution in [3.63, 3.8) is 0 Å². The van der Waals surface area contributed by atoms with E-state index in [0.717, 1.165) is 11.3 Å². The Labute approximate surface area is 93.6 Å². The highest BCUT2D eigenvalue weighted by Crippen LogP contribution is 2.17. The van der Waals surface area contributed by atoms with E-state index in [1.165, 1.54) is 6.20 Å². The van der Waals surface area contributed by atoms with Crippen molar-refractivity contribution in [2.75, 3.05) is 5.32 Å². The van der Waals surface area contributed by atoms with Gasteiger partial charge in [0, 0.05) is 12.4 Å². The van der Waals surface area contributed by atoms with Crippen LogP contribution < -0.4 is 5.32 Å². The minimum absolute atomic E-state index is 0.549. The molecule has 2 aromatic heterocycles. The molecule has 0 amide bonds. The van der Waals surface area contributed by atoms with E-state index in [9.17, 15) is 0 Å². The molecule has 0 unspecified atom stereocenters. The second kappa shape index (κ2) is 4.41. The van der Waals surface area contributed by atoms with Gasteiger partial charge in [-0.05, 0) is 30.7 Å². The standard InChI is InChI=1S/C12H10N4/c1-9-4-5-14-8-11(9)16-12-3-2-10(6-13)7-15-12/h2-5,7-8H,1H3,(H,15,16). The molecule has 0 aromatic carbocycles. The van der Waals surface area contributed by atoms with Crippen LogP contribution in [0, 0.1) is 18.3 Å². The minimum atomic E-state index is 0.549. The summed E-state index contributed by atoms with van der Waals surface area (Å²) in [6.07, 6.45) is 5.02. The van der Waals surface area contributed by atoms with Crippen molar-refractivity contribution in [3.05, 3.63) is 47.9 Å². The van der Waals surface area contributed by atoms with Gasteiger partial charge in [-0.15, -0.1) is 0 Å². The number of nitrogens with one attached hydrogen (secondary N) is 1. The topological polar surface area (TPSA) is 61.6 Å². The zero-order valence-corrected chi connectivity index (χ0v) is 8.81. The number of nitrogens with zero attached hydrogens (tertiary/aromatic N) is 3. The van der Waals surface area contributed by atoms with Crippen molar-refractivity contribution in [1.29, 1.82) is 5.26 Å². The largest absolute Gasteiger partial charge is 0.339 e. The van der Waals surface area contributed by atoms with Crippen molar-refractivity contribution < 1.29 is 0 Å². The van der Waals surface area contributed by atoms with Gasteiger partial charge in [0.15, 0.2) is 0 Å². The Hall–Kier alpha value is -2.41. The average Bonchev–Trinajstić information content (AvgIpc) is 2.33. The number of pyridine rings is 2. The Morgan fingerprint density at radius 2 is 2.12 bits per heavy atom. The van der Waals surface area contributed by atoms with Crippen molar-refractivity contribution >= 4 is 11.5 Å². The third kappa shape index (κ3) is 2.15.